The number of thiophene rings is 1. The zero-order valence-electron chi connectivity index (χ0n) is 14.3. The summed E-state index contributed by atoms with van der Waals surface area (Å²) in [4.78, 5) is 35.9. The van der Waals surface area contributed by atoms with Crippen molar-refractivity contribution in [3.8, 4) is 0 Å². The van der Waals surface area contributed by atoms with E-state index < -0.39 is 23.5 Å². The molecule has 1 aromatic carbocycles. The summed E-state index contributed by atoms with van der Waals surface area (Å²) in [6.45, 7) is 0.916. The highest BCUT2D eigenvalue weighted by atomic mass is 32.1. The van der Waals surface area contributed by atoms with Crippen LogP contribution >= 0.6 is 11.3 Å². The molecule has 1 saturated heterocycles. The van der Waals surface area contributed by atoms with E-state index in [1.165, 1.54) is 23.5 Å². The second-order valence-electron chi connectivity index (χ2n) is 5.96. The molecular weight excluding hydrogens is 373 g/mol. The highest BCUT2D eigenvalue weighted by Gasteiger charge is 2.20. The van der Waals surface area contributed by atoms with Crippen molar-refractivity contribution in [3.05, 3.63) is 46.4 Å². The summed E-state index contributed by atoms with van der Waals surface area (Å²) >= 11 is 1.35. The van der Waals surface area contributed by atoms with Crippen LogP contribution in [-0.4, -0.2) is 37.0 Å². The Labute approximate surface area is 158 Å². The van der Waals surface area contributed by atoms with E-state index in [1.54, 1.807) is 16.8 Å². The Morgan fingerprint density at radius 1 is 1.19 bits per heavy atom. The molecule has 3 amide bonds. The quantitative estimate of drug-likeness (QED) is 0.682. The Bertz CT molecular complexity index is 835. The third kappa shape index (κ3) is 5.11. The summed E-state index contributed by atoms with van der Waals surface area (Å²) in [5.41, 5.74) is 0.500. The zero-order valence-corrected chi connectivity index (χ0v) is 15.1. The van der Waals surface area contributed by atoms with E-state index in [2.05, 4.69) is 16.0 Å². The number of rotatable bonds is 5. The lowest BCUT2D eigenvalue weighted by Gasteiger charge is -2.12. The molecule has 2 aromatic rings. The highest BCUT2D eigenvalue weighted by Crippen LogP contribution is 2.21. The van der Waals surface area contributed by atoms with Crippen molar-refractivity contribution in [2.75, 3.05) is 23.8 Å². The molecule has 1 unspecified atom stereocenters. The minimum atomic E-state index is -0.880. The molecule has 0 saturated carbocycles. The van der Waals surface area contributed by atoms with Crippen molar-refractivity contribution in [3.63, 3.8) is 0 Å². The topological polar surface area (TPSA) is 96.5 Å². The largest absolute Gasteiger partial charge is 0.376 e. The molecule has 0 aliphatic carbocycles. The second-order valence-corrected chi connectivity index (χ2v) is 6.74. The fourth-order valence-electron chi connectivity index (χ4n) is 2.57. The van der Waals surface area contributed by atoms with Crippen LogP contribution in [-0.2, 0) is 14.3 Å². The molecule has 0 bridgehead atoms. The Morgan fingerprint density at radius 3 is 2.74 bits per heavy atom. The summed E-state index contributed by atoms with van der Waals surface area (Å²) in [7, 11) is 0. The van der Waals surface area contributed by atoms with Gasteiger partial charge in [-0.15, -0.1) is 0 Å². The lowest BCUT2D eigenvalue weighted by molar-refractivity contribution is -0.136. The maximum Gasteiger partial charge on any atom is 0.313 e. The van der Waals surface area contributed by atoms with Gasteiger partial charge < -0.3 is 20.7 Å². The van der Waals surface area contributed by atoms with Crippen molar-refractivity contribution in [1.29, 1.82) is 0 Å². The van der Waals surface area contributed by atoms with Crippen molar-refractivity contribution in [2.45, 2.75) is 18.9 Å². The Hall–Kier alpha value is -2.78. The zero-order chi connectivity index (χ0) is 19.2. The van der Waals surface area contributed by atoms with Crippen LogP contribution in [0.25, 0.3) is 0 Å². The summed E-state index contributed by atoms with van der Waals surface area (Å²) in [6.07, 6.45) is 1.70. The molecule has 1 aromatic heterocycles. The van der Waals surface area contributed by atoms with Gasteiger partial charge in [-0.05, 0) is 42.5 Å². The van der Waals surface area contributed by atoms with E-state index in [-0.39, 0.29) is 24.0 Å². The number of anilines is 2. The number of nitrogens with one attached hydrogen (secondary N) is 3. The fourth-order valence-corrected chi connectivity index (χ4v) is 3.20. The molecule has 3 rings (SSSR count). The first-order valence-electron chi connectivity index (χ1n) is 8.37. The number of carbonyl (C=O) groups excluding carboxylic acids is 3. The van der Waals surface area contributed by atoms with Crippen LogP contribution in [0.15, 0.2) is 35.0 Å². The summed E-state index contributed by atoms with van der Waals surface area (Å²) < 4.78 is 19.3. The lowest BCUT2D eigenvalue weighted by Crippen LogP contribution is -2.39. The monoisotopic (exact) mass is 391 g/mol. The van der Waals surface area contributed by atoms with Gasteiger partial charge in [0.1, 0.15) is 5.82 Å². The number of hydrogen-bond acceptors (Lipinski definition) is 5. The SMILES string of the molecule is O=C(NCC1CCCO1)C(=O)Nc1ccc(F)c(NC(=O)c2ccsc2)c1. The van der Waals surface area contributed by atoms with Gasteiger partial charge in [-0.25, -0.2) is 4.39 Å². The first-order valence-corrected chi connectivity index (χ1v) is 9.31. The molecule has 1 aliphatic heterocycles. The van der Waals surface area contributed by atoms with Crippen LogP contribution in [0.3, 0.4) is 0 Å². The van der Waals surface area contributed by atoms with Gasteiger partial charge in [-0.2, -0.15) is 11.3 Å². The predicted molar refractivity (Wildman–Crippen MR) is 99.3 cm³/mol. The van der Waals surface area contributed by atoms with E-state index in [9.17, 15) is 18.8 Å². The minimum Gasteiger partial charge on any atom is -0.376 e. The number of halogens is 1. The van der Waals surface area contributed by atoms with Crippen LogP contribution in [0.2, 0.25) is 0 Å². The van der Waals surface area contributed by atoms with E-state index in [0.29, 0.717) is 12.2 Å². The molecule has 9 heteroatoms. The van der Waals surface area contributed by atoms with Gasteiger partial charge in [0, 0.05) is 24.2 Å². The number of amides is 3. The molecule has 27 heavy (non-hydrogen) atoms. The molecule has 2 heterocycles. The number of ether oxygens (including phenoxy) is 1. The van der Waals surface area contributed by atoms with E-state index in [4.69, 9.17) is 4.74 Å². The molecule has 0 spiro atoms. The van der Waals surface area contributed by atoms with Gasteiger partial charge in [0.15, 0.2) is 0 Å². The first kappa shape index (κ1) is 19.0. The van der Waals surface area contributed by atoms with Crippen molar-refractivity contribution in [1.82, 2.24) is 5.32 Å². The van der Waals surface area contributed by atoms with Crippen LogP contribution in [0.4, 0.5) is 15.8 Å². The molecule has 1 atom stereocenters. The minimum absolute atomic E-state index is 0.0773. The molecule has 3 N–H and O–H groups in total. The lowest BCUT2D eigenvalue weighted by atomic mass is 10.2. The van der Waals surface area contributed by atoms with Crippen LogP contribution in [0.1, 0.15) is 23.2 Å². The van der Waals surface area contributed by atoms with Crippen molar-refractivity contribution >= 4 is 40.4 Å². The fraction of sp³-hybridized carbons (Fsp3) is 0.278. The summed E-state index contributed by atoms with van der Waals surface area (Å²) in [5, 5.41) is 10.7. The number of hydrogen-bond donors (Lipinski definition) is 3. The molecule has 1 fully saturated rings. The summed E-state index contributed by atoms with van der Waals surface area (Å²) in [6, 6.07) is 5.27. The second kappa shape index (κ2) is 8.74. The van der Waals surface area contributed by atoms with E-state index in [1.807, 2.05) is 0 Å². The third-order valence-electron chi connectivity index (χ3n) is 3.98. The first-order chi connectivity index (χ1) is 13.0. The average Bonchev–Trinajstić information content (AvgIpc) is 3.36. The number of carbonyl (C=O) groups is 3. The maximum absolute atomic E-state index is 13.9. The smallest absolute Gasteiger partial charge is 0.313 e. The molecule has 7 nitrogen and oxygen atoms in total. The third-order valence-corrected chi connectivity index (χ3v) is 4.66. The molecule has 142 valence electrons. The Morgan fingerprint density at radius 2 is 2.04 bits per heavy atom. The Balaban J connectivity index is 1.58. The number of benzene rings is 1. The van der Waals surface area contributed by atoms with Gasteiger partial charge in [-0.3, -0.25) is 14.4 Å². The van der Waals surface area contributed by atoms with Crippen LogP contribution in [0, 0.1) is 5.82 Å². The van der Waals surface area contributed by atoms with Crippen molar-refractivity contribution in [2.24, 2.45) is 0 Å². The van der Waals surface area contributed by atoms with Crippen LogP contribution < -0.4 is 16.0 Å². The predicted octanol–water partition coefficient (Wildman–Crippen LogP) is 2.37. The maximum atomic E-state index is 13.9. The van der Waals surface area contributed by atoms with Crippen molar-refractivity contribution < 1.29 is 23.5 Å². The van der Waals surface area contributed by atoms with Gasteiger partial charge in [0.2, 0.25) is 0 Å². The molecule has 1 aliphatic rings. The van der Waals surface area contributed by atoms with Gasteiger partial charge in [0.25, 0.3) is 5.91 Å². The van der Waals surface area contributed by atoms with Gasteiger partial charge in [-0.1, -0.05) is 0 Å². The Kier molecular flexibility index (Phi) is 6.15. The van der Waals surface area contributed by atoms with Crippen LogP contribution in [0.5, 0.6) is 0 Å². The molecular formula is C18H18FN3O4S. The van der Waals surface area contributed by atoms with E-state index in [0.717, 1.165) is 18.9 Å². The van der Waals surface area contributed by atoms with E-state index >= 15 is 0 Å². The standard InChI is InChI=1S/C18H18FN3O4S/c19-14-4-3-12(8-15(14)22-16(23)11-5-7-27-10-11)21-18(25)17(24)20-9-13-2-1-6-26-13/h3-5,7-8,10,13H,1-2,6,9H2,(H,20,24)(H,21,25)(H,22,23). The highest BCUT2D eigenvalue weighted by molar-refractivity contribution is 7.08. The van der Waals surface area contributed by atoms with Gasteiger partial charge in [0.05, 0.1) is 17.4 Å². The molecule has 0 radical (unpaired) electrons. The average molecular weight is 391 g/mol. The normalized spacial score (nSPS) is 16.0. The van der Waals surface area contributed by atoms with Gasteiger partial charge >= 0.3 is 11.8 Å². The summed E-state index contributed by atoms with van der Waals surface area (Å²) in [5.74, 6) is -2.80.